The number of aromatic amines is 1. The minimum atomic E-state index is -0.581. The molecule has 0 bridgehead atoms. The largest absolute Gasteiger partial charge is 0.348 e. The Hall–Kier alpha value is -1.90. The molecule has 8 nitrogen and oxygen atoms in total. The highest BCUT2D eigenvalue weighted by atomic mass is 35.5. The second kappa shape index (κ2) is 10.2. The van der Waals surface area contributed by atoms with Crippen molar-refractivity contribution in [2.45, 2.75) is 52.6 Å². The van der Waals surface area contributed by atoms with Gasteiger partial charge in [0.2, 0.25) is 0 Å². The van der Waals surface area contributed by atoms with Gasteiger partial charge in [0.1, 0.15) is 0 Å². The molecule has 29 heavy (non-hydrogen) atoms. The van der Waals surface area contributed by atoms with E-state index in [4.69, 9.17) is 0 Å². The first-order chi connectivity index (χ1) is 12.8. The van der Waals surface area contributed by atoms with Gasteiger partial charge in [-0.15, -0.1) is 24.8 Å². The van der Waals surface area contributed by atoms with Gasteiger partial charge in [0.25, 0.3) is 11.5 Å². The smallest absolute Gasteiger partial charge is 0.329 e. The van der Waals surface area contributed by atoms with Crippen LogP contribution < -0.4 is 21.9 Å². The number of amides is 1. The van der Waals surface area contributed by atoms with Gasteiger partial charge in [0.05, 0.1) is 10.9 Å². The predicted octanol–water partition coefficient (Wildman–Crippen LogP) is 1.80. The van der Waals surface area contributed by atoms with Gasteiger partial charge >= 0.3 is 5.69 Å². The summed E-state index contributed by atoms with van der Waals surface area (Å²) in [7, 11) is 0. The third-order valence-electron chi connectivity index (χ3n) is 5.26. The number of aryl methyl sites for hydroxylation is 1. The van der Waals surface area contributed by atoms with Gasteiger partial charge in [-0.05, 0) is 37.8 Å². The van der Waals surface area contributed by atoms with Crippen molar-refractivity contribution in [1.82, 2.24) is 25.2 Å². The number of nitrogens with one attached hydrogen (secondary N) is 3. The Balaban J connectivity index is 0.00000210. The lowest BCUT2D eigenvalue weighted by Crippen LogP contribution is -2.50. The van der Waals surface area contributed by atoms with Gasteiger partial charge < -0.3 is 10.6 Å². The third kappa shape index (κ3) is 4.99. The number of rotatable bonds is 4. The molecular weight excluding hydrogens is 417 g/mol. The Bertz CT molecular complexity index is 986. The second-order valence-corrected chi connectivity index (χ2v) is 7.50. The zero-order chi connectivity index (χ0) is 19.7. The maximum atomic E-state index is 13.1. The molecule has 0 saturated carbocycles. The van der Waals surface area contributed by atoms with Crippen LogP contribution in [-0.2, 0) is 6.54 Å². The van der Waals surface area contributed by atoms with Gasteiger partial charge in [-0.1, -0.05) is 20.8 Å². The van der Waals surface area contributed by atoms with Crippen LogP contribution in [0.25, 0.3) is 11.0 Å². The Morgan fingerprint density at radius 3 is 2.62 bits per heavy atom. The number of piperidine rings is 1. The molecule has 2 unspecified atom stereocenters. The van der Waals surface area contributed by atoms with Crippen LogP contribution in [0.5, 0.6) is 0 Å². The van der Waals surface area contributed by atoms with Crippen LogP contribution in [-0.4, -0.2) is 39.6 Å². The molecule has 1 aliphatic rings. The summed E-state index contributed by atoms with van der Waals surface area (Å²) < 4.78 is 1.39. The second-order valence-electron chi connectivity index (χ2n) is 7.50. The summed E-state index contributed by atoms with van der Waals surface area (Å²) in [5, 5.41) is 6.50. The van der Waals surface area contributed by atoms with Gasteiger partial charge in [-0.2, -0.15) is 0 Å². The lowest BCUT2D eigenvalue weighted by molar-refractivity contribution is 0.0916. The van der Waals surface area contributed by atoms with Crippen LogP contribution in [0.15, 0.2) is 15.7 Å². The van der Waals surface area contributed by atoms with E-state index in [-0.39, 0.29) is 59.3 Å². The standard InChI is InChI=1S/C19H27N5O3.2ClH/c1-5-24-16-15(18(26)23-19(24)27)12(8-13(21-16)10(2)3)17(25)22-14-9-20-7-6-11(14)4;;/h8,10-11,14,20H,5-7,9H2,1-4H3,(H,22,25)(H,23,26,27);2*1H. The van der Waals surface area contributed by atoms with Crippen molar-refractivity contribution in [2.24, 2.45) is 5.92 Å². The van der Waals surface area contributed by atoms with Crippen molar-refractivity contribution in [3.05, 3.63) is 38.2 Å². The monoisotopic (exact) mass is 445 g/mol. The van der Waals surface area contributed by atoms with Gasteiger partial charge in [-0.25, -0.2) is 9.78 Å². The van der Waals surface area contributed by atoms with E-state index in [0.717, 1.165) is 13.0 Å². The Labute approximate surface area is 181 Å². The molecule has 1 amide bonds. The minimum Gasteiger partial charge on any atom is -0.348 e. The fourth-order valence-electron chi connectivity index (χ4n) is 3.49. The number of hydrogen-bond acceptors (Lipinski definition) is 5. The maximum absolute atomic E-state index is 13.1. The van der Waals surface area contributed by atoms with Gasteiger partial charge in [0, 0.05) is 24.8 Å². The van der Waals surface area contributed by atoms with E-state index in [2.05, 4.69) is 27.5 Å². The van der Waals surface area contributed by atoms with E-state index in [1.807, 2.05) is 13.8 Å². The highest BCUT2D eigenvalue weighted by Crippen LogP contribution is 2.20. The number of pyridine rings is 1. The molecule has 3 heterocycles. The van der Waals surface area contributed by atoms with Gasteiger partial charge in [-0.3, -0.25) is 19.1 Å². The molecule has 3 rings (SSSR count). The maximum Gasteiger partial charge on any atom is 0.329 e. The van der Waals surface area contributed by atoms with E-state index in [1.165, 1.54) is 4.57 Å². The highest BCUT2D eigenvalue weighted by Gasteiger charge is 2.26. The molecule has 162 valence electrons. The number of halogens is 2. The summed E-state index contributed by atoms with van der Waals surface area (Å²) in [5.41, 5.74) is 0.111. The van der Waals surface area contributed by atoms with Crippen LogP contribution in [0.4, 0.5) is 0 Å². The molecule has 1 aliphatic heterocycles. The average molecular weight is 446 g/mol. The molecule has 1 saturated heterocycles. The summed E-state index contributed by atoms with van der Waals surface area (Å²) in [4.78, 5) is 44.6. The van der Waals surface area contributed by atoms with Crippen LogP contribution in [0.1, 0.15) is 56.1 Å². The van der Waals surface area contributed by atoms with Crippen LogP contribution in [0.2, 0.25) is 0 Å². The first kappa shape index (κ1) is 25.1. The molecule has 0 aliphatic carbocycles. The Kier molecular flexibility index (Phi) is 8.86. The number of carbonyl (C=O) groups excluding carboxylic acids is 1. The molecule has 1 fully saturated rings. The van der Waals surface area contributed by atoms with E-state index in [0.29, 0.717) is 24.7 Å². The summed E-state index contributed by atoms with van der Waals surface area (Å²) in [5.74, 6) is 0.0903. The third-order valence-corrected chi connectivity index (χ3v) is 5.26. The minimum absolute atomic E-state index is 0. The number of hydrogen-bond donors (Lipinski definition) is 3. The van der Waals surface area contributed by atoms with Crippen molar-refractivity contribution in [1.29, 1.82) is 0 Å². The Morgan fingerprint density at radius 2 is 2.03 bits per heavy atom. The fourth-order valence-corrected chi connectivity index (χ4v) is 3.49. The molecule has 3 N–H and O–H groups in total. The predicted molar refractivity (Wildman–Crippen MR) is 119 cm³/mol. The molecule has 2 aromatic heterocycles. The average Bonchev–Trinajstić information content (AvgIpc) is 2.62. The Morgan fingerprint density at radius 1 is 1.34 bits per heavy atom. The molecule has 0 spiro atoms. The number of fused-ring (bicyclic) bond motifs is 1. The summed E-state index contributed by atoms with van der Waals surface area (Å²) in [6.45, 7) is 9.82. The zero-order valence-electron chi connectivity index (χ0n) is 17.1. The fraction of sp³-hybridized carbons (Fsp3) is 0.579. The first-order valence-corrected chi connectivity index (χ1v) is 9.52. The van der Waals surface area contributed by atoms with E-state index in [9.17, 15) is 14.4 Å². The molecular formula is C19H29Cl2N5O3. The quantitative estimate of drug-likeness (QED) is 0.664. The number of aromatic nitrogens is 3. The van der Waals surface area contributed by atoms with Crippen molar-refractivity contribution < 1.29 is 4.79 Å². The van der Waals surface area contributed by atoms with Crippen LogP contribution >= 0.6 is 24.8 Å². The SMILES string of the molecule is CCn1c(=O)[nH]c(=O)c2c(C(=O)NC3CNCCC3C)cc(C(C)C)nc21.Cl.Cl. The van der Waals surface area contributed by atoms with Crippen molar-refractivity contribution >= 4 is 41.8 Å². The molecule has 2 atom stereocenters. The number of carbonyl (C=O) groups is 1. The topological polar surface area (TPSA) is 109 Å². The van der Waals surface area contributed by atoms with Crippen LogP contribution in [0.3, 0.4) is 0 Å². The van der Waals surface area contributed by atoms with Crippen molar-refractivity contribution in [2.75, 3.05) is 13.1 Å². The van der Waals surface area contributed by atoms with E-state index >= 15 is 0 Å². The first-order valence-electron chi connectivity index (χ1n) is 9.52. The van der Waals surface area contributed by atoms with Crippen molar-refractivity contribution in [3.8, 4) is 0 Å². The molecule has 0 aromatic carbocycles. The highest BCUT2D eigenvalue weighted by molar-refractivity contribution is 6.05. The number of H-pyrrole nitrogens is 1. The molecule has 10 heteroatoms. The van der Waals surface area contributed by atoms with Crippen molar-refractivity contribution in [3.63, 3.8) is 0 Å². The summed E-state index contributed by atoms with van der Waals surface area (Å²) in [6, 6.07) is 1.66. The van der Waals surface area contributed by atoms with Gasteiger partial charge in [0.15, 0.2) is 5.65 Å². The lowest BCUT2D eigenvalue weighted by atomic mass is 9.94. The van der Waals surface area contributed by atoms with E-state index < -0.39 is 11.2 Å². The molecule has 0 radical (unpaired) electrons. The normalized spacial score (nSPS) is 18.8. The van der Waals surface area contributed by atoms with E-state index in [1.54, 1.807) is 13.0 Å². The van der Waals surface area contributed by atoms with Crippen LogP contribution in [0, 0.1) is 5.92 Å². The summed E-state index contributed by atoms with van der Waals surface area (Å²) in [6.07, 6.45) is 0.981. The molecule has 2 aromatic rings. The number of nitrogens with zero attached hydrogens (tertiary/aromatic N) is 2. The summed E-state index contributed by atoms with van der Waals surface area (Å²) >= 11 is 0. The lowest BCUT2D eigenvalue weighted by Gasteiger charge is -2.30. The zero-order valence-corrected chi connectivity index (χ0v) is 18.7.